The van der Waals surface area contributed by atoms with Crippen molar-refractivity contribution in [3.8, 4) is 5.75 Å². The molecule has 0 radical (unpaired) electrons. The van der Waals surface area contributed by atoms with Gasteiger partial charge in [-0.25, -0.2) is 4.39 Å². The first-order valence-corrected chi connectivity index (χ1v) is 5.22. The fourth-order valence-corrected chi connectivity index (χ4v) is 1.35. The summed E-state index contributed by atoms with van der Waals surface area (Å²) in [5.41, 5.74) is 0.735. The van der Waals surface area contributed by atoms with E-state index in [0.717, 1.165) is 5.56 Å². The number of rotatable bonds is 5. The molecule has 0 aliphatic carbocycles. The van der Waals surface area contributed by atoms with Crippen LogP contribution >= 0.6 is 0 Å². The molecule has 1 N–H and O–H groups in total. The van der Waals surface area contributed by atoms with E-state index in [9.17, 15) is 9.18 Å². The Labute approximate surface area is 99.7 Å². The first kappa shape index (κ1) is 13.4. The molecule has 17 heavy (non-hydrogen) atoms. The molecule has 0 aromatic heterocycles. The number of hydrogen-bond acceptors (Lipinski definition) is 4. The average molecular weight is 241 g/mol. The molecule has 0 saturated carbocycles. The van der Waals surface area contributed by atoms with E-state index in [4.69, 9.17) is 4.74 Å². The summed E-state index contributed by atoms with van der Waals surface area (Å²) < 4.78 is 22.7. The van der Waals surface area contributed by atoms with Crippen molar-refractivity contribution in [2.24, 2.45) is 0 Å². The highest BCUT2D eigenvalue weighted by Gasteiger charge is 2.12. The highest BCUT2D eigenvalue weighted by atomic mass is 19.1. The molecule has 1 aromatic carbocycles. The number of carbonyl (C=O) groups excluding carboxylic acids is 1. The van der Waals surface area contributed by atoms with Crippen LogP contribution in [-0.2, 0) is 16.1 Å². The van der Waals surface area contributed by atoms with Crippen LogP contribution in [-0.4, -0.2) is 26.2 Å². The Morgan fingerprint density at radius 2 is 2.18 bits per heavy atom. The van der Waals surface area contributed by atoms with Crippen LogP contribution in [0.2, 0.25) is 0 Å². The monoisotopic (exact) mass is 241 g/mol. The molecule has 0 bridgehead atoms. The van der Waals surface area contributed by atoms with Gasteiger partial charge in [0.2, 0.25) is 0 Å². The van der Waals surface area contributed by atoms with E-state index in [1.165, 1.54) is 20.3 Å². The van der Waals surface area contributed by atoms with Crippen LogP contribution < -0.4 is 10.1 Å². The van der Waals surface area contributed by atoms with Crippen molar-refractivity contribution in [3.05, 3.63) is 29.6 Å². The van der Waals surface area contributed by atoms with Gasteiger partial charge in [-0.05, 0) is 24.6 Å². The second-order valence-corrected chi connectivity index (χ2v) is 3.59. The lowest BCUT2D eigenvalue weighted by atomic mass is 10.2. The molecular formula is C12H16FNO3. The molecule has 4 nitrogen and oxygen atoms in total. The van der Waals surface area contributed by atoms with Gasteiger partial charge in [-0.15, -0.1) is 0 Å². The Morgan fingerprint density at radius 3 is 2.71 bits per heavy atom. The van der Waals surface area contributed by atoms with Gasteiger partial charge in [0.25, 0.3) is 0 Å². The molecule has 1 unspecified atom stereocenters. The first-order valence-electron chi connectivity index (χ1n) is 5.22. The Balaban J connectivity index is 2.58. The third-order valence-electron chi connectivity index (χ3n) is 2.38. The minimum Gasteiger partial charge on any atom is -0.494 e. The maximum Gasteiger partial charge on any atom is 0.322 e. The predicted octanol–water partition coefficient (Wildman–Crippen LogP) is 1.49. The van der Waals surface area contributed by atoms with Crippen molar-refractivity contribution < 1.29 is 18.7 Å². The number of halogens is 1. The van der Waals surface area contributed by atoms with E-state index in [-0.39, 0.29) is 11.7 Å². The normalized spacial score (nSPS) is 12.0. The summed E-state index contributed by atoms with van der Waals surface area (Å²) in [6, 6.07) is 4.23. The van der Waals surface area contributed by atoms with Crippen LogP contribution in [0.4, 0.5) is 4.39 Å². The smallest absolute Gasteiger partial charge is 0.322 e. The van der Waals surface area contributed by atoms with Gasteiger partial charge in [-0.3, -0.25) is 4.79 Å². The zero-order chi connectivity index (χ0) is 12.8. The van der Waals surface area contributed by atoms with E-state index in [2.05, 4.69) is 10.1 Å². The van der Waals surface area contributed by atoms with Gasteiger partial charge < -0.3 is 14.8 Å². The lowest BCUT2D eigenvalue weighted by Crippen LogP contribution is -2.34. The van der Waals surface area contributed by atoms with Gasteiger partial charge in [-0.1, -0.05) is 6.07 Å². The summed E-state index contributed by atoms with van der Waals surface area (Å²) in [6.07, 6.45) is 0. The summed E-state index contributed by atoms with van der Waals surface area (Å²) in [6.45, 7) is 2.07. The van der Waals surface area contributed by atoms with Crippen molar-refractivity contribution in [2.45, 2.75) is 19.5 Å². The predicted molar refractivity (Wildman–Crippen MR) is 61.3 cm³/mol. The molecule has 0 amide bonds. The lowest BCUT2D eigenvalue weighted by molar-refractivity contribution is -0.142. The second kappa shape index (κ2) is 6.20. The van der Waals surface area contributed by atoms with Gasteiger partial charge in [0, 0.05) is 6.54 Å². The number of benzene rings is 1. The Hall–Kier alpha value is -1.62. The first-order chi connectivity index (χ1) is 8.08. The highest BCUT2D eigenvalue weighted by Crippen LogP contribution is 2.17. The standard InChI is InChI=1S/C12H16FNO3/c1-8(12(15)17-3)14-7-9-4-5-11(16-2)10(13)6-9/h4-6,8,14H,7H2,1-3H3. The largest absolute Gasteiger partial charge is 0.494 e. The van der Waals surface area contributed by atoms with Gasteiger partial charge in [0.1, 0.15) is 6.04 Å². The van der Waals surface area contributed by atoms with Crippen LogP contribution in [0.25, 0.3) is 0 Å². The van der Waals surface area contributed by atoms with Crippen molar-refractivity contribution in [1.29, 1.82) is 0 Å². The van der Waals surface area contributed by atoms with Crippen molar-refractivity contribution in [3.63, 3.8) is 0 Å². The molecule has 5 heteroatoms. The molecule has 1 atom stereocenters. The maximum absolute atomic E-state index is 13.4. The number of methoxy groups -OCH3 is 2. The summed E-state index contributed by atoms with van der Waals surface area (Å²) >= 11 is 0. The molecule has 0 fully saturated rings. The summed E-state index contributed by atoms with van der Waals surface area (Å²) in [5, 5.41) is 2.93. The maximum atomic E-state index is 13.4. The molecule has 94 valence electrons. The third kappa shape index (κ3) is 3.71. The van der Waals surface area contributed by atoms with E-state index in [1.54, 1.807) is 19.1 Å². The van der Waals surface area contributed by atoms with E-state index >= 15 is 0 Å². The minimum absolute atomic E-state index is 0.203. The fourth-order valence-electron chi connectivity index (χ4n) is 1.35. The number of esters is 1. The van der Waals surface area contributed by atoms with E-state index in [0.29, 0.717) is 6.54 Å². The van der Waals surface area contributed by atoms with Crippen LogP contribution in [0.3, 0.4) is 0 Å². The average Bonchev–Trinajstić information content (AvgIpc) is 2.35. The summed E-state index contributed by atoms with van der Waals surface area (Å²) in [7, 11) is 2.74. The number of nitrogens with one attached hydrogen (secondary N) is 1. The lowest BCUT2D eigenvalue weighted by Gasteiger charge is -2.11. The number of carbonyl (C=O) groups is 1. The quantitative estimate of drug-likeness (QED) is 0.793. The Bertz CT molecular complexity index is 395. The SMILES string of the molecule is COC(=O)C(C)NCc1ccc(OC)c(F)c1. The number of ether oxygens (including phenoxy) is 2. The fraction of sp³-hybridized carbons (Fsp3) is 0.417. The van der Waals surface area contributed by atoms with Crippen LogP contribution in [0.1, 0.15) is 12.5 Å². The van der Waals surface area contributed by atoms with Crippen molar-refractivity contribution in [2.75, 3.05) is 14.2 Å². The molecule has 0 aliphatic heterocycles. The van der Waals surface area contributed by atoms with Gasteiger partial charge in [0.15, 0.2) is 11.6 Å². The zero-order valence-electron chi connectivity index (χ0n) is 10.1. The summed E-state index contributed by atoms with van der Waals surface area (Å²) in [5.74, 6) is -0.564. The molecular weight excluding hydrogens is 225 g/mol. The van der Waals surface area contributed by atoms with Crippen LogP contribution in [0.5, 0.6) is 5.75 Å². The summed E-state index contributed by atoms with van der Waals surface area (Å²) in [4.78, 5) is 11.1. The van der Waals surface area contributed by atoms with Crippen LogP contribution in [0.15, 0.2) is 18.2 Å². The van der Waals surface area contributed by atoms with Gasteiger partial charge >= 0.3 is 5.97 Å². The molecule has 0 saturated heterocycles. The topological polar surface area (TPSA) is 47.6 Å². The van der Waals surface area contributed by atoms with Gasteiger partial charge in [-0.2, -0.15) is 0 Å². The second-order valence-electron chi connectivity index (χ2n) is 3.59. The van der Waals surface area contributed by atoms with E-state index < -0.39 is 11.9 Å². The Kier molecular flexibility index (Phi) is 4.90. The molecule has 0 aliphatic rings. The molecule has 0 spiro atoms. The third-order valence-corrected chi connectivity index (χ3v) is 2.38. The minimum atomic E-state index is -0.426. The van der Waals surface area contributed by atoms with Crippen molar-refractivity contribution in [1.82, 2.24) is 5.32 Å². The zero-order valence-corrected chi connectivity index (χ0v) is 10.1. The Morgan fingerprint density at radius 1 is 1.47 bits per heavy atom. The van der Waals surface area contributed by atoms with Crippen LogP contribution in [0, 0.1) is 5.82 Å². The van der Waals surface area contributed by atoms with Crippen molar-refractivity contribution >= 4 is 5.97 Å². The van der Waals surface area contributed by atoms with E-state index in [1.807, 2.05) is 0 Å². The highest BCUT2D eigenvalue weighted by molar-refractivity contribution is 5.75. The molecule has 1 rings (SSSR count). The number of hydrogen-bond donors (Lipinski definition) is 1. The molecule has 0 heterocycles. The van der Waals surface area contributed by atoms with Gasteiger partial charge in [0.05, 0.1) is 14.2 Å². The molecule has 1 aromatic rings.